The van der Waals surface area contributed by atoms with E-state index in [1.165, 1.54) is 5.56 Å². The molecule has 0 saturated carbocycles. The number of piperazine rings is 1. The van der Waals surface area contributed by atoms with Crippen LogP contribution in [-0.4, -0.2) is 59.5 Å². The highest BCUT2D eigenvalue weighted by atomic mass is 16.4. The van der Waals surface area contributed by atoms with Crippen molar-refractivity contribution in [3.63, 3.8) is 0 Å². The molecule has 6 heteroatoms. The van der Waals surface area contributed by atoms with Gasteiger partial charge < -0.3 is 10.4 Å². The van der Waals surface area contributed by atoms with Gasteiger partial charge in [-0.1, -0.05) is 60.7 Å². The van der Waals surface area contributed by atoms with Crippen molar-refractivity contribution >= 4 is 11.9 Å². The molecule has 6 nitrogen and oxygen atoms in total. The number of benzene rings is 2. The maximum absolute atomic E-state index is 12.3. The fraction of sp³-hybridized carbons (Fsp3) is 0.333. The topological polar surface area (TPSA) is 72.9 Å². The van der Waals surface area contributed by atoms with Gasteiger partial charge in [0, 0.05) is 32.7 Å². The maximum atomic E-state index is 12.3. The second-order valence-corrected chi connectivity index (χ2v) is 6.79. The Morgan fingerprint density at radius 2 is 1.44 bits per heavy atom. The normalized spacial score (nSPS) is 16.6. The molecule has 1 aliphatic rings. The van der Waals surface area contributed by atoms with Crippen LogP contribution >= 0.6 is 0 Å². The SMILES string of the molecule is O=C(CN1CCN(Cc2ccccc2)CC1)N[C@H](C(=O)O)c1ccccc1. The van der Waals surface area contributed by atoms with Gasteiger partial charge in [0.05, 0.1) is 6.54 Å². The summed E-state index contributed by atoms with van der Waals surface area (Å²) in [6.07, 6.45) is 0. The fourth-order valence-electron chi connectivity index (χ4n) is 3.29. The van der Waals surface area contributed by atoms with Gasteiger partial charge in [-0.05, 0) is 11.1 Å². The number of hydrogen-bond acceptors (Lipinski definition) is 4. The van der Waals surface area contributed by atoms with Gasteiger partial charge in [-0.3, -0.25) is 14.6 Å². The van der Waals surface area contributed by atoms with Gasteiger partial charge in [0.1, 0.15) is 0 Å². The maximum Gasteiger partial charge on any atom is 0.330 e. The zero-order valence-corrected chi connectivity index (χ0v) is 15.3. The van der Waals surface area contributed by atoms with E-state index >= 15 is 0 Å². The molecule has 3 rings (SSSR count). The van der Waals surface area contributed by atoms with Crippen LogP contribution in [0.3, 0.4) is 0 Å². The predicted octanol–water partition coefficient (Wildman–Crippen LogP) is 1.75. The minimum absolute atomic E-state index is 0.218. The number of rotatable bonds is 7. The van der Waals surface area contributed by atoms with Crippen LogP contribution in [0.15, 0.2) is 60.7 Å². The molecule has 142 valence electrons. The van der Waals surface area contributed by atoms with E-state index < -0.39 is 12.0 Å². The average Bonchev–Trinajstić information content (AvgIpc) is 2.69. The van der Waals surface area contributed by atoms with E-state index in [1.54, 1.807) is 24.3 Å². The van der Waals surface area contributed by atoms with Gasteiger partial charge in [-0.25, -0.2) is 4.79 Å². The van der Waals surface area contributed by atoms with Crippen molar-refractivity contribution in [2.75, 3.05) is 32.7 Å². The lowest BCUT2D eigenvalue weighted by atomic mass is 10.1. The van der Waals surface area contributed by atoms with Gasteiger partial charge in [-0.2, -0.15) is 0 Å². The lowest BCUT2D eigenvalue weighted by Gasteiger charge is -2.34. The standard InChI is InChI=1S/C21H25N3O3/c25-19(22-20(21(26)27)18-9-5-2-6-10-18)16-24-13-11-23(12-14-24)15-17-7-3-1-4-8-17/h1-10,20H,11-16H2,(H,22,25)(H,26,27)/t20-/m0/s1. The molecule has 0 aromatic heterocycles. The van der Waals surface area contributed by atoms with Crippen LogP contribution in [0, 0.1) is 0 Å². The van der Waals surface area contributed by atoms with Crippen LogP contribution in [0.25, 0.3) is 0 Å². The highest BCUT2D eigenvalue weighted by molar-refractivity contribution is 5.85. The van der Waals surface area contributed by atoms with Crippen LogP contribution in [0.4, 0.5) is 0 Å². The van der Waals surface area contributed by atoms with Crippen molar-refractivity contribution in [2.24, 2.45) is 0 Å². The Morgan fingerprint density at radius 1 is 0.889 bits per heavy atom. The van der Waals surface area contributed by atoms with E-state index in [4.69, 9.17) is 0 Å². The molecule has 0 aliphatic carbocycles. The van der Waals surface area contributed by atoms with Crippen molar-refractivity contribution in [1.29, 1.82) is 0 Å². The summed E-state index contributed by atoms with van der Waals surface area (Å²) in [5, 5.41) is 12.1. The summed E-state index contributed by atoms with van der Waals surface area (Å²) in [6, 6.07) is 18.1. The Bertz CT molecular complexity index is 744. The molecule has 1 atom stereocenters. The van der Waals surface area contributed by atoms with Gasteiger partial charge in [0.15, 0.2) is 6.04 Å². The van der Waals surface area contributed by atoms with Crippen LogP contribution in [0.5, 0.6) is 0 Å². The summed E-state index contributed by atoms with van der Waals surface area (Å²) < 4.78 is 0. The molecule has 0 bridgehead atoms. The van der Waals surface area contributed by atoms with E-state index in [9.17, 15) is 14.7 Å². The number of hydrogen-bond donors (Lipinski definition) is 2. The first-order chi connectivity index (χ1) is 13.1. The van der Waals surface area contributed by atoms with Crippen molar-refractivity contribution in [2.45, 2.75) is 12.6 Å². The zero-order valence-electron chi connectivity index (χ0n) is 15.3. The summed E-state index contributed by atoms with van der Waals surface area (Å²) >= 11 is 0. The molecular weight excluding hydrogens is 342 g/mol. The summed E-state index contributed by atoms with van der Waals surface area (Å²) in [5.74, 6) is -1.31. The molecule has 2 N–H and O–H groups in total. The summed E-state index contributed by atoms with van der Waals surface area (Å²) in [4.78, 5) is 28.3. The van der Waals surface area contributed by atoms with Gasteiger partial charge in [0.25, 0.3) is 0 Å². The predicted molar refractivity (Wildman–Crippen MR) is 103 cm³/mol. The first-order valence-corrected chi connectivity index (χ1v) is 9.17. The Morgan fingerprint density at radius 3 is 2.04 bits per heavy atom. The number of carboxylic acid groups (broad SMARTS) is 1. The average molecular weight is 367 g/mol. The smallest absolute Gasteiger partial charge is 0.330 e. The van der Waals surface area contributed by atoms with Crippen molar-refractivity contribution in [3.05, 3.63) is 71.8 Å². The third-order valence-corrected chi connectivity index (χ3v) is 4.77. The van der Waals surface area contributed by atoms with Crippen molar-refractivity contribution in [1.82, 2.24) is 15.1 Å². The molecule has 1 aliphatic heterocycles. The van der Waals surface area contributed by atoms with Crippen LogP contribution < -0.4 is 5.32 Å². The number of carboxylic acids is 1. The van der Waals surface area contributed by atoms with E-state index in [0.29, 0.717) is 5.56 Å². The molecule has 1 heterocycles. The largest absolute Gasteiger partial charge is 0.479 e. The third kappa shape index (κ3) is 5.64. The molecule has 27 heavy (non-hydrogen) atoms. The lowest BCUT2D eigenvalue weighted by molar-refractivity contribution is -0.142. The second kappa shape index (κ2) is 9.30. The monoisotopic (exact) mass is 367 g/mol. The van der Waals surface area contributed by atoms with E-state index in [2.05, 4.69) is 27.2 Å². The minimum Gasteiger partial charge on any atom is -0.479 e. The summed E-state index contributed by atoms with van der Waals surface area (Å²) in [5.41, 5.74) is 1.86. The Kier molecular flexibility index (Phi) is 6.57. The quantitative estimate of drug-likeness (QED) is 0.780. The van der Waals surface area contributed by atoms with Gasteiger partial charge in [-0.15, -0.1) is 0 Å². The zero-order chi connectivity index (χ0) is 19.1. The number of carbonyl (C=O) groups excluding carboxylic acids is 1. The van der Waals surface area contributed by atoms with Crippen LogP contribution in [0.1, 0.15) is 17.2 Å². The van der Waals surface area contributed by atoms with Crippen molar-refractivity contribution < 1.29 is 14.7 Å². The Balaban J connectivity index is 1.47. The molecule has 0 unspecified atom stereocenters. The fourth-order valence-corrected chi connectivity index (χ4v) is 3.29. The molecule has 1 saturated heterocycles. The number of carbonyl (C=O) groups is 2. The van der Waals surface area contributed by atoms with Gasteiger partial charge >= 0.3 is 5.97 Å². The minimum atomic E-state index is -1.05. The number of nitrogens with zero attached hydrogens (tertiary/aromatic N) is 2. The Hall–Kier alpha value is -2.70. The second-order valence-electron chi connectivity index (χ2n) is 6.79. The molecule has 1 amide bonds. The Labute approximate surface area is 159 Å². The molecule has 2 aromatic carbocycles. The van der Waals surface area contributed by atoms with E-state index in [-0.39, 0.29) is 12.5 Å². The first-order valence-electron chi connectivity index (χ1n) is 9.17. The molecule has 0 radical (unpaired) electrons. The number of nitrogens with one attached hydrogen (secondary N) is 1. The van der Waals surface area contributed by atoms with Crippen molar-refractivity contribution in [3.8, 4) is 0 Å². The molecule has 1 fully saturated rings. The first kappa shape index (κ1) is 19.1. The highest BCUT2D eigenvalue weighted by Crippen LogP contribution is 2.13. The van der Waals surface area contributed by atoms with E-state index in [1.807, 2.05) is 24.3 Å². The molecule has 0 spiro atoms. The van der Waals surface area contributed by atoms with Crippen LogP contribution in [0.2, 0.25) is 0 Å². The number of aliphatic carboxylic acids is 1. The molecule has 2 aromatic rings. The van der Waals surface area contributed by atoms with Crippen LogP contribution in [-0.2, 0) is 16.1 Å². The van der Waals surface area contributed by atoms with Gasteiger partial charge in [0.2, 0.25) is 5.91 Å². The summed E-state index contributed by atoms with van der Waals surface area (Å²) in [6.45, 7) is 4.50. The summed E-state index contributed by atoms with van der Waals surface area (Å²) in [7, 11) is 0. The van der Waals surface area contributed by atoms with E-state index in [0.717, 1.165) is 32.7 Å². The molecular formula is C21H25N3O3. The third-order valence-electron chi connectivity index (χ3n) is 4.77. The number of amides is 1. The highest BCUT2D eigenvalue weighted by Gasteiger charge is 2.24. The lowest BCUT2D eigenvalue weighted by Crippen LogP contribution is -2.49.